The van der Waals surface area contributed by atoms with E-state index in [2.05, 4.69) is 38.6 Å². The van der Waals surface area contributed by atoms with Crippen molar-refractivity contribution >= 4 is 0 Å². The Morgan fingerprint density at radius 1 is 1.25 bits per heavy atom. The SMILES string of the molecule is C=C[C@@H](N)c1cc(C)cc(C)c1. The highest BCUT2D eigenvalue weighted by Gasteiger charge is 2.01. The Kier molecular flexibility index (Phi) is 2.66. The fourth-order valence-corrected chi connectivity index (χ4v) is 1.34. The molecule has 1 aromatic rings. The summed E-state index contributed by atoms with van der Waals surface area (Å²) in [7, 11) is 0. The van der Waals surface area contributed by atoms with Gasteiger partial charge < -0.3 is 5.73 Å². The summed E-state index contributed by atoms with van der Waals surface area (Å²) in [4.78, 5) is 0. The predicted molar refractivity (Wildman–Crippen MR) is 53.0 cm³/mol. The molecule has 0 fully saturated rings. The van der Waals surface area contributed by atoms with Crippen molar-refractivity contribution < 1.29 is 0 Å². The van der Waals surface area contributed by atoms with Gasteiger partial charge in [0.05, 0.1) is 0 Å². The van der Waals surface area contributed by atoms with Gasteiger partial charge >= 0.3 is 0 Å². The third kappa shape index (κ3) is 1.95. The Morgan fingerprint density at radius 3 is 2.17 bits per heavy atom. The number of rotatable bonds is 2. The Morgan fingerprint density at radius 2 is 1.75 bits per heavy atom. The molecule has 0 heterocycles. The van der Waals surface area contributed by atoms with Crippen molar-refractivity contribution in [2.24, 2.45) is 5.73 Å². The van der Waals surface area contributed by atoms with E-state index < -0.39 is 0 Å². The van der Waals surface area contributed by atoms with E-state index in [1.807, 2.05) is 0 Å². The van der Waals surface area contributed by atoms with Crippen LogP contribution in [0, 0.1) is 13.8 Å². The molecule has 0 unspecified atom stereocenters. The van der Waals surface area contributed by atoms with Crippen LogP contribution in [0.25, 0.3) is 0 Å². The van der Waals surface area contributed by atoms with Crippen molar-refractivity contribution in [2.45, 2.75) is 19.9 Å². The molecule has 1 heteroatoms. The van der Waals surface area contributed by atoms with Crippen LogP contribution in [0.15, 0.2) is 30.9 Å². The minimum Gasteiger partial charge on any atom is -0.321 e. The summed E-state index contributed by atoms with van der Waals surface area (Å²) < 4.78 is 0. The van der Waals surface area contributed by atoms with Crippen LogP contribution >= 0.6 is 0 Å². The van der Waals surface area contributed by atoms with Crippen molar-refractivity contribution in [1.29, 1.82) is 0 Å². The molecule has 0 aliphatic carbocycles. The van der Waals surface area contributed by atoms with Crippen molar-refractivity contribution in [1.82, 2.24) is 0 Å². The van der Waals surface area contributed by atoms with Crippen molar-refractivity contribution in [3.63, 3.8) is 0 Å². The molecule has 0 saturated heterocycles. The third-order valence-electron chi connectivity index (χ3n) is 1.88. The van der Waals surface area contributed by atoms with Crippen LogP contribution in [0.1, 0.15) is 22.7 Å². The lowest BCUT2D eigenvalue weighted by atomic mass is 10.0. The monoisotopic (exact) mass is 161 g/mol. The van der Waals surface area contributed by atoms with Gasteiger partial charge in [-0.3, -0.25) is 0 Å². The van der Waals surface area contributed by atoms with Crippen LogP contribution in [-0.2, 0) is 0 Å². The van der Waals surface area contributed by atoms with Gasteiger partial charge in [-0.2, -0.15) is 0 Å². The van der Waals surface area contributed by atoms with E-state index in [0.29, 0.717) is 0 Å². The van der Waals surface area contributed by atoms with Gasteiger partial charge in [0.1, 0.15) is 0 Å². The average Bonchev–Trinajstić information content (AvgIpc) is 2.01. The van der Waals surface area contributed by atoms with Crippen LogP contribution in [0.4, 0.5) is 0 Å². The highest BCUT2D eigenvalue weighted by molar-refractivity contribution is 5.31. The standard InChI is InChI=1S/C11H15N/c1-4-11(12)10-6-8(2)5-9(3)7-10/h4-7,11H,1,12H2,2-3H3/t11-/m1/s1. The maximum Gasteiger partial charge on any atom is 0.0478 e. The molecule has 2 N–H and O–H groups in total. The largest absolute Gasteiger partial charge is 0.321 e. The summed E-state index contributed by atoms with van der Waals surface area (Å²) in [6, 6.07) is 6.29. The minimum absolute atomic E-state index is 0.0383. The van der Waals surface area contributed by atoms with E-state index in [1.165, 1.54) is 11.1 Å². The van der Waals surface area contributed by atoms with Gasteiger partial charge in [0.2, 0.25) is 0 Å². The first-order valence-corrected chi connectivity index (χ1v) is 4.10. The second-order valence-corrected chi connectivity index (χ2v) is 3.18. The number of nitrogens with two attached hydrogens (primary N) is 1. The molecule has 1 atom stereocenters. The Bertz CT molecular complexity index is 269. The molecule has 0 saturated carbocycles. The smallest absolute Gasteiger partial charge is 0.0478 e. The van der Waals surface area contributed by atoms with E-state index in [9.17, 15) is 0 Å². The molecule has 0 bridgehead atoms. The second-order valence-electron chi connectivity index (χ2n) is 3.18. The zero-order valence-corrected chi connectivity index (χ0v) is 7.67. The van der Waals surface area contributed by atoms with Crippen molar-refractivity contribution in [3.8, 4) is 0 Å². The molecule has 0 aliphatic heterocycles. The Balaban J connectivity index is 3.08. The molecule has 1 nitrogen and oxygen atoms in total. The lowest BCUT2D eigenvalue weighted by Crippen LogP contribution is -2.06. The first-order chi connectivity index (χ1) is 5.63. The fraction of sp³-hybridized carbons (Fsp3) is 0.273. The molecule has 1 aromatic carbocycles. The highest BCUT2D eigenvalue weighted by Crippen LogP contribution is 2.15. The molecule has 0 aromatic heterocycles. The number of aryl methyl sites for hydroxylation is 2. The van der Waals surface area contributed by atoms with Gasteiger partial charge in [0, 0.05) is 6.04 Å². The summed E-state index contributed by atoms with van der Waals surface area (Å²) in [6.07, 6.45) is 1.76. The van der Waals surface area contributed by atoms with Crippen LogP contribution in [-0.4, -0.2) is 0 Å². The maximum absolute atomic E-state index is 5.81. The molecule has 12 heavy (non-hydrogen) atoms. The molecular weight excluding hydrogens is 146 g/mol. The Hall–Kier alpha value is -1.08. The molecule has 0 radical (unpaired) electrons. The molecular formula is C11H15N. The van der Waals surface area contributed by atoms with E-state index >= 15 is 0 Å². The molecule has 64 valence electrons. The minimum atomic E-state index is -0.0383. The van der Waals surface area contributed by atoms with Crippen molar-refractivity contribution in [2.75, 3.05) is 0 Å². The highest BCUT2D eigenvalue weighted by atomic mass is 14.6. The Labute approximate surface area is 73.9 Å². The van der Waals surface area contributed by atoms with E-state index in [1.54, 1.807) is 6.08 Å². The van der Waals surface area contributed by atoms with Crippen LogP contribution in [0.3, 0.4) is 0 Å². The first-order valence-electron chi connectivity index (χ1n) is 4.10. The van der Waals surface area contributed by atoms with Crippen LogP contribution < -0.4 is 5.73 Å². The van der Waals surface area contributed by atoms with Crippen LogP contribution in [0.2, 0.25) is 0 Å². The molecule has 0 aliphatic rings. The normalized spacial score (nSPS) is 12.6. The van der Waals surface area contributed by atoms with Gasteiger partial charge in [-0.05, 0) is 19.4 Å². The predicted octanol–water partition coefficient (Wildman–Crippen LogP) is 2.49. The van der Waals surface area contributed by atoms with Gasteiger partial charge in [-0.1, -0.05) is 35.4 Å². The third-order valence-corrected chi connectivity index (χ3v) is 1.88. The summed E-state index contributed by atoms with van der Waals surface area (Å²) in [5.41, 5.74) is 9.46. The van der Waals surface area contributed by atoms with E-state index in [4.69, 9.17) is 5.73 Å². The number of benzene rings is 1. The zero-order valence-electron chi connectivity index (χ0n) is 7.67. The van der Waals surface area contributed by atoms with Crippen molar-refractivity contribution in [3.05, 3.63) is 47.5 Å². The summed E-state index contributed by atoms with van der Waals surface area (Å²) in [5.74, 6) is 0. The summed E-state index contributed by atoms with van der Waals surface area (Å²) in [6.45, 7) is 7.82. The topological polar surface area (TPSA) is 26.0 Å². The first kappa shape index (κ1) is 9.01. The number of hydrogen-bond donors (Lipinski definition) is 1. The fourth-order valence-electron chi connectivity index (χ4n) is 1.34. The lowest BCUT2D eigenvalue weighted by molar-refractivity contribution is 0.910. The number of hydrogen-bond acceptors (Lipinski definition) is 1. The molecule has 0 amide bonds. The lowest BCUT2D eigenvalue weighted by Gasteiger charge is -2.08. The van der Waals surface area contributed by atoms with Gasteiger partial charge in [-0.15, -0.1) is 6.58 Å². The van der Waals surface area contributed by atoms with E-state index in [0.717, 1.165) is 5.56 Å². The average molecular weight is 161 g/mol. The quantitative estimate of drug-likeness (QED) is 0.662. The summed E-state index contributed by atoms with van der Waals surface area (Å²) in [5, 5.41) is 0. The van der Waals surface area contributed by atoms with Gasteiger partial charge in [0.25, 0.3) is 0 Å². The second kappa shape index (κ2) is 3.55. The van der Waals surface area contributed by atoms with Gasteiger partial charge in [-0.25, -0.2) is 0 Å². The zero-order chi connectivity index (χ0) is 9.14. The molecule has 1 rings (SSSR count). The molecule has 0 spiro atoms. The summed E-state index contributed by atoms with van der Waals surface area (Å²) >= 11 is 0. The van der Waals surface area contributed by atoms with Gasteiger partial charge in [0.15, 0.2) is 0 Å². The maximum atomic E-state index is 5.81. The van der Waals surface area contributed by atoms with Crippen LogP contribution in [0.5, 0.6) is 0 Å². The van der Waals surface area contributed by atoms with E-state index in [-0.39, 0.29) is 6.04 Å².